The van der Waals surface area contributed by atoms with Gasteiger partial charge in [-0.05, 0) is 182 Å². The number of likely N-dealkylation sites (N-methyl/N-ethyl adjacent to an activating group) is 3. The van der Waals surface area contributed by atoms with Gasteiger partial charge in [0, 0.05) is 19.6 Å². The van der Waals surface area contributed by atoms with Crippen molar-refractivity contribution < 1.29 is 83.8 Å². The van der Waals surface area contributed by atoms with Gasteiger partial charge in [-0.25, -0.2) is 9.59 Å². The van der Waals surface area contributed by atoms with E-state index >= 15 is 0 Å². The number of aliphatic carboxylic acids is 6. The second-order valence-corrected chi connectivity index (χ2v) is 26.1. The average molecular weight is 1480 g/mol. The molecule has 20 heteroatoms. The standard InChI is InChI=1S/2C26H29NO.C25H27NO.2C6H8O7/c2*1-4-25(21-11-7-5-8-12-21)26(22-13-9-6-10-14-22)23-15-17-24(18-16-23)28-20-19-27(2)3;1-20(21-10-6-4-7-11-21)25(22-12-8-5-9-13-22)23-14-16-24(17-15-23)27-19-18-26(2)3;2*7-3(8)1-6(13,5(11)12)2-4(9)10/h2*5-18H,4,19-20H2,1-3H3;4-17H,18-19H2,1-3H3;2*13H,1-2H2,(H,7,8)(H,9,10)(H,11,12)/b2*26-25-;25-20-;;. The summed E-state index contributed by atoms with van der Waals surface area (Å²) < 4.78 is 17.6. The molecule has 0 saturated carbocycles. The molecule has 0 saturated heterocycles. The minimum absolute atomic E-state index is 0.691. The van der Waals surface area contributed by atoms with Gasteiger partial charge >= 0.3 is 35.8 Å². The number of aliphatic hydroxyl groups is 2. The lowest BCUT2D eigenvalue weighted by molar-refractivity contribution is -0.170. The van der Waals surface area contributed by atoms with Gasteiger partial charge < -0.3 is 69.8 Å². The van der Waals surface area contributed by atoms with E-state index in [-0.39, 0.29) is 0 Å². The van der Waals surface area contributed by atoms with Crippen molar-refractivity contribution in [1.82, 2.24) is 14.7 Å². The van der Waals surface area contributed by atoms with Crippen molar-refractivity contribution in [3.8, 4) is 17.2 Å². The maximum Gasteiger partial charge on any atom is 0.336 e. The lowest BCUT2D eigenvalue weighted by atomic mass is 9.88. The second-order valence-electron chi connectivity index (χ2n) is 26.1. The minimum atomic E-state index is -2.74. The molecular weight excluding hydrogens is 1380 g/mol. The van der Waals surface area contributed by atoms with Crippen LogP contribution in [0.5, 0.6) is 17.2 Å². The van der Waals surface area contributed by atoms with Crippen LogP contribution >= 0.6 is 0 Å². The molecule has 9 aromatic rings. The summed E-state index contributed by atoms with van der Waals surface area (Å²) >= 11 is 0. The second kappa shape index (κ2) is 45.7. The first-order chi connectivity index (χ1) is 52.1. The predicted octanol–water partition coefficient (Wildman–Crippen LogP) is 15.1. The van der Waals surface area contributed by atoms with Gasteiger partial charge in [0.25, 0.3) is 0 Å². The summed E-state index contributed by atoms with van der Waals surface area (Å²) in [6, 6.07) is 89.2. The normalized spacial score (nSPS) is 11.7. The van der Waals surface area contributed by atoms with Crippen molar-refractivity contribution in [3.63, 3.8) is 0 Å². The Hall–Kier alpha value is -11.8. The molecule has 574 valence electrons. The van der Waals surface area contributed by atoms with E-state index in [0.29, 0.717) is 19.8 Å². The van der Waals surface area contributed by atoms with Gasteiger partial charge in [0.05, 0.1) is 25.7 Å². The topological polar surface area (TPSA) is 302 Å². The van der Waals surface area contributed by atoms with Gasteiger partial charge in [-0.15, -0.1) is 0 Å². The van der Waals surface area contributed by atoms with Crippen LogP contribution in [0, 0.1) is 0 Å². The molecule has 20 nitrogen and oxygen atoms in total. The molecule has 9 rings (SSSR count). The summed E-state index contributed by atoms with van der Waals surface area (Å²) in [5.41, 5.74) is 13.4. The zero-order valence-corrected chi connectivity index (χ0v) is 63.3. The van der Waals surface area contributed by atoms with Crippen LogP contribution in [-0.4, -0.2) is 184 Å². The van der Waals surface area contributed by atoms with Crippen molar-refractivity contribution in [1.29, 1.82) is 0 Å². The third kappa shape index (κ3) is 30.2. The molecule has 0 aliphatic rings. The number of hydrogen-bond acceptors (Lipinski definition) is 14. The molecule has 0 amide bonds. The molecule has 109 heavy (non-hydrogen) atoms. The average Bonchev–Trinajstić information content (AvgIpc) is 0.811. The van der Waals surface area contributed by atoms with E-state index in [2.05, 4.69) is 333 Å². The van der Waals surface area contributed by atoms with Crippen LogP contribution in [0.1, 0.15) is 109 Å². The van der Waals surface area contributed by atoms with Crippen LogP contribution in [0.15, 0.2) is 255 Å². The molecule has 8 N–H and O–H groups in total. The summed E-state index contributed by atoms with van der Waals surface area (Å²) in [6.07, 6.45) is -2.64. The van der Waals surface area contributed by atoms with Crippen LogP contribution in [0.25, 0.3) is 33.4 Å². The maximum atomic E-state index is 10.3. The molecule has 0 bridgehead atoms. The fourth-order valence-corrected chi connectivity index (χ4v) is 11.2. The first-order valence-corrected chi connectivity index (χ1v) is 35.5. The van der Waals surface area contributed by atoms with Crippen molar-refractivity contribution in [3.05, 3.63) is 305 Å². The molecular formula is C89H101N3O17. The van der Waals surface area contributed by atoms with Gasteiger partial charge in [0.15, 0.2) is 11.2 Å². The summed E-state index contributed by atoms with van der Waals surface area (Å²) in [4.78, 5) is 67.3. The van der Waals surface area contributed by atoms with Gasteiger partial charge in [-0.2, -0.15) is 0 Å². The summed E-state index contributed by atoms with van der Waals surface area (Å²) in [6.45, 7) is 11.4. The largest absolute Gasteiger partial charge is 0.492 e. The molecule has 0 aliphatic heterocycles. The van der Waals surface area contributed by atoms with E-state index in [4.69, 9.17) is 55.1 Å². The Kier molecular flexibility index (Phi) is 36.8. The minimum Gasteiger partial charge on any atom is -0.492 e. The van der Waals surface area contributed by atoms with Gasteiger partial charge in [-0.1, -0.05) is 232 Å². The monoisotopic (exact) mass is 1480 g/mol. The number of ether oxygens (including phenoxy) is 3. The van der Waals surface area contributed by atoms with Crippen LogP contribution in [-0.2, 0) is 28.8 Å². The molecule has 0 atom stereocenters. The van der Waals surface area contributed by atoms with Crippen LogP contribution in [0.3, 0.4) is 0 Å². The molecule has 0 aliphatic carbocycles. The third-order valence-electron chi connectivity index (χ3n) is 16.7. The van der Waals surface area contributed by atoms with Crippen molar-refractivity contribution in [2.45, 2.75) is 70.5 Å². The molecule has 0 spiro atoms. The van der Waals surface area contributed by atoms with Crippen molar-refractivity contribution in [2.24, 2.45) is 0 Å². The highest BCUT2D eigenvalue weighted by atomic mass is 16.5. The lowest BCUT2D eigenvalue weighted by Gasteiger charge is -2.18. The molecule has 0 heterocycles. The number of nitrogens with zero attached hydrogens (tertiary/aromatic N) is 3. The Bertz CT molecular complexity index is 4120. The molecule has 0 radical (unpaired) electrons. The van der Waals surface area contributed by atoms with E-state index in [0.717, 1.165) is 49.7 Å². The summed E-state index contributed by atoms with van der Waals surface area (Å²) in [7, 11) is 12.3. The highest BCUT2D eigenvalue weighted by Crippen LogP contribution is 2.38. The van der Waals surface area contributed by atoms with E-state index in [1.165, 1.54) is 83.5 Å². The van der Waals surface area contributed by atoms with E-state index in [1.54, 1.807) is 0 Å². The first-order valence-electron chi connectivity index (χ1n) is 35.5. The van der Waals surface area contributed by atoms with Crippen molar-refractivity contribution in [2.75, 3.05) is 81.7 Å². The zero-order chi connectivity index (χ0) is 79.9. The summed E-state index contributed by atoms with van der Waals surface area (Å²) in [5, 5.41) is 67.6. The van der Waals surface area contributed by atoms with E-state index in [9.17, 15) is 28.8 Å². The number of benzene rings is 9. The van der Waals surface area contributed by atoms with E-state index < -0.39 is 72.7 Å². The number of carbonyl (C=O) groups is 6. The van der Waals surface area contributed by atoms with Gasteiger partial charge in [0.2, 0.25) is 0 Å². The van der Waals surface area contributed by atoms with Crippen LogP contribution in [0.2, 0.25) is 0 Å². The first kappa shape index (κ1) is 87.9. The van der Waals surface area contributed by atoms with Crippen LogP contribution in [0.4, 0.5) is 0 Å². The number of hydrogen-bond donors (Lipinski definition) is 8. The highest BCUT2D eigenvalue weighted by molar-refractivity contribution is 6.00. The number of carboxylic acids is 6. The fraction of sp³-hybridized carbons (Fsp3) is 0.258. The smallest absolute Gasteiger partial charge is 0.336 e. The molecule has 0 aromatic heterocycles. The Morgan fingerprint density at radius 3 is 0.706 bits per heavy atom. The van der Waals surface area contributed by atoms with E-state index in [1.807, 2.05) is 0 Å². The van der Waals surface area contributed by atoms with Gasteiger partial charge in [0.1, 0.15) is 37.1 Å². The zero-order valence-electron chi connectivity index (χ0n) is 63.3. The lowest BCUT2D eigenvalue weighted by Crippen LogP contribution is -2.42. The summed E-state index contributed by atoms with van der Waals surface area (Å²) in [5.74, 6) is -7.30. The van der Waals surface area contributed by atoms with Crippen LogP contribution < -0.4 is 14.2 Å². The Morgan fingerprint density at radius 2 is 0.495 bits per heavy atom. The Balaban J connectivity index is 0.000000253. The third-order valence-corrected chi connectivity index (χ3v) is 16.7. The highest BCUT2D eigenvalue weighted by Gasteiger charge is 2.42. The quantitative estimate of drug-likeness (QED) is 0.0177. The van der Waals surface area contributed by atoms with Crippen molar-refractivity contribution >= 4 is 69.3 Å². The van der Waals surface area contributed by atoms with Gasteiger partial charge in [-0.3, -0.25) is 19.2 Å². The Morgan fingerprint density at radius 1 is 0.294 bits per heavy atom. The molecule has 0 fully saturated rings. The predicted molar refractivity (Wildman–Crippen MR) is 428 cm³/mol. The Labute approximate surface area is 639 Å². The number of rotatable bonds is 33. The molecule has 0 unspecified atom stereocenters. The fourth-order valence-electron chi connectivity index (χ4n) is 11.2. The number of allylic oxidation sites excluding steroid dienone is 3. The SMILES string of the molecule is C/C(=C(\c1ccccc1)c1ccc(OCCN(C)C)cc1)c1ccccc1.CC/C(=C(\c1ccccc1)c1ccc(OCCN(C)C)cc1)c1ccccc1.CC/C(=C(\c1ccccc1)c1ccc(OCCN(C)C)cc1)c1ccccc1.O=C(O)CC(O)(CC(=O)O)C(=O)O.O=C(O)CC(O)(CC(=O)O)C(=O)O. The maximum absolute atomic E-state index is 10.3. The molecule has 9 aromatic carbocycles. The number of carboxylic acid groups (broad SMARTS) is 6.